The first-order valence-corrected chi connectivity index (χ1v) is 7.42. The molecule has 2 heterocycles. The van der Waals surface area contributed by atoms with E-state index in [0.29, 0.717) is 17.5 Å². The van der Waals surface area contributed by atoms with Gasteiger partial charge < -0.3 is 9.47 Å². The van der Waals surface area contributed by atoms with Gasteiger partial charge in [-0.05, 0) is 38.6 Å². The number of likely N-dealkylation sites (N-methyl/N-ethyl adjacent to an activating group) is 1. The van der Waals surface area contributed by atoms with Crippen LogP contribution in [-0.4, -0.2) is 34.6 Å². The number of aromatic nitrogens is 2. The number of rotatable bonds is 2. The minimum atomic E-state index is 0.375. The molecule has 1 saturated heterocycles. The number of hydrogen-bond donors (Lipinski definition) is 0. The Morgan fingerprint density at radius 2 is 2.35 bits per heavy atom. The minimum absolute atomic E-state index is 0.375. The molecule has 0 amide bonds. The van der Waals surface area contributed by atoms with Gasteiger partial charge in [-0.3, -0.25) is 0 Å². The number of likely N-dealkylation sites (tertiary alicyclic amines) is 1. The molecule has 1 aromatic heterocycles. The van der Waals surface area contributed by atoms with Crippen LogP contribution in [0.25, 0.3) is 11.0 Å². The number of para-hydroxylation sites is 1. The van der Waals surface area contributed by atoms with Crippen LogP contribution in [0.1, 0.15) is 30.3 Å². The summed E-state index contributed by atoms with van der Waals surface area (Å²) in [5.41, 5.74) is 2.43. The van der Waals surface area contributed by atoms with Crippen LogP contribution in [0.3, 0.4) is 0 Å². The largest absolute Gasteiger partial charge is 0.323 e. The molecule has 0 aliphatic carbocycles. The van der Waals surface area contributed by atoms with Gasteiger partial charge in [-0.1, -0.05) is 6.07 Å². The predicted molar refractivity (Wildman–Crippen MR) is 79.8 cm³/mol. The zero-order chi connectivity index (χ0) is 14.1. The van der Waals surface area contributed by atoms with Gasteiger partial charge >= 0.3 is 0 Å². The Balaban J connectivity index is 2.16. The molecule has 1 aromatic carbocycles. The van der Waals surface area contributed by atoms with Crippen LogP contribution in [0, 0.1) is 11.3 Å². The van der Waals surface area contributed by atoms with Crippen LogP contribution in [-0.2, 0) is 5.88 Å². The van der Waals surface area contributed by atoms with Crippen molar-refractivity contribution in [2.45, 2.75) is 24.8 Å². The van der Waals surface area contributed by atoms with E-state index in [1.54, 1.807) is 0 Å². The summed E-state index contributed by atoms with van der Waals surface area (Å²) < 4.78 is 2.23. The van der Waals surface area contributed by atoms with Crippen molar-refractivity contribution >= 4 is 22.6 Å². The Hall–Kier alpha value is -1.57. The molecule has 4 nitrogen and oxygen atoms in total. The van der Waals surface area contributed by atoms with Crippen molar-refractivity contribution in [3.8, 4) is 6.07 Å². The van der Waals surface area contributed by atoms with E-state index >= 15 is 0 Å². The van der Waals surface area contributed by atoms with Gasteiger partial charge in [0.25, 0.3) is 0 Å². The molecule has 2 aromatic rings. The summed E-state index contributed by atoms with van der Waals surface area (Å²) in [6.07, 6.45) is 2.32. The summed E-state index contributed by atoms with van der Waals surface area (Å²) in [5.74, 6) is 1.24. The van der Waals surface area contributed by atoms with Crippen LogP contribution in [0.4, 0.5) is 0 Å². The predicted octanol–water partition coefficient (Wildman–Crippen LogP) is 2.91. The van der Waals surface area contributed by atoms with Gasteiger partial charge in [0.1, 0.15) is 17.4 Å². The van der Waals surface area contributed by atoms with Gasteiger partial charge in [0.15, 0.2) is 0 Å². The third-order valence-corrected chi connectivity index (χ3v) is 4.24. The lowest BCUT2D eigenvalue weighted by Gasteiger charge is -2.31. The normalized spacial score (nSPS) is 20.1. The smallest absolute Gasteiger partial charge is 0.125 e. The maximum atomic E-state index is 9.22. The first-order chi connectivity index (χ1) is 9.74. The molecular weight excluding hydrogens is 272 g/mol. The molecule has 1 fully saturated rings. The van der Waals surface area contributed by atoms with Crippen molar-refractivity contribution in [1.29, 1.82) is 5.26 Å². The Bertz CT molecular complexity index is 670. The zero-order valence-corrected chi connectivity index (χ0v) is 12.3. The van der Waals surface area contributed by atoms with E-state index in [0.717, 1.165) is 36.4 Å². The molecule has 1 atom stereocenters. The lowest BCUT2D eigenvalue weighted by Crippen LogP contribution is -2.34. The topological polar surface area (TPSA) is 44.9 Å². The SMILES string of the molecule is CN1CCCC(n2c(CCl)nc3c(C#N)cccc32)C1. The average molecular weight is 289 g/mol. The number of hydrogen-bond acceptors (Lipinski definition) is 3. The van der Waals surface area contributed by atoms with Gasteiger partial charge in [-0.25, -0.2) is 4.98 Å². The molecule has 0 radical (unpaired) electrons. The molecule has 1 aliphatic heterocycles. The summed E-state index contributed by atoms with van der Waals surface area (Å²) in [7, 11) is 2.15. The third-order valence-electron chi connectivity index (χ3n) is 4.00. The van der Waals surface area contributed by atoms with Crippen molar-refractivity contribution in [2.75, 3.05) is 20.1 Å². The summed E-state index contributed by atoms with van der Waals surface area (Å²) in [4.78, 5) is 6.93. The van der Waals surface area contributed by atoms with Crippen molar-refractivity contribution in [3.05, 3.63) is 29.6 Å². The fourth-order valence-electron chi connectivity index (χ4n) is 3.11. The standard InChI is InChI=1S/C15H17ClN4/c1-19-7-3-5-12(10-19)20-13-6-2-4-11(9-17)15(13)18-14(20)8-16/h2,4,6,12H,3,5,7-8,10H2,1H3. The summed E-state index contributed by atoms with van der Waals surface area (Å²) in [6.45, 7) is 2.15. The number of nitriles is 1. The van der Waals surface area contributed by atoms with Gasteiger partial charge in [-0.15, -0.1) is 11.6 Å². The highest BCUT2D eigenvalue weighted by Crippen LogP contribution is 2.29. The monoisotopic (exact) mass is 288 g/mol. The summed E-state index contributed by atoms with van der Waals surface area (Å²) in [5, 5.41) is 9.22. The average Bonchev–Trinajstić information content (AvgIpc) is 2.85. The van der Waals surface area contributed by atoms with Gasteiger partial charge in [0, 0.05) is 12.6 Å². The van der Waals surface area contributed by atoms with E-state index in [2.05, 4.69) is 27.6 Å². The van der Waals surface area contributed by atoms with Crippen molar-refractivity contribution in [2.24, 2.45) is 0 Å². The van der Waals surface area contributed by atoms with E-state index < -0.39 is 0 Å². The van der Waals surface area contributed by atoms with Crippen molar-refractivity contribution < 1.29 is 0 Å². The number of benzene rings is 1. The van der Waals surface area contributed by atoms with Crippen LogP contribution in [0.15, 0.2) is 18.2 Å². The highest BCUT2D eigenvalue weighted by molar-refractivity contribution is 6.16. The Morgan fingerprint density at radius 1 is 1.50 bits per heavy atom. The highest BCUT2D eigenvalue weighted by Gasteiger charge is 2.23. The Morgan fingerprint density at radius 3 is 3.05 bits per heavy atom. The second kappa shape index (κ2) is 5.43. The molecule has 1 unspecified atom stereocenters. The second-order valence-corrected chi connectivity index (χ2v) is 5.64. The number of halogens is 1. The lowest BCUT2D eigenvalue weighted by atomic mass is 10.1. The fourth-order valence-corrected chi connectivity index (χ4v) is 3.30. The number of nitrogens with zero attached hydrogens (tertiary/aromatic N) is 4. The summed E-state index contributed by atoms with van der Waals surface area (Å²) >= 11 is 6.07. The van der Waals surface area contributed by atoms with Crippen LogP contribution < -0.4 is 0 Å². The third kappa shape index (κ3) is 2.17. The lowest BCUT2D eigenvalue weighted by molar-refractivity contribution is 0.213. The molecule has 0 spiro atoms. The molecule has 3 rings (SSSR count). The second-order valence-electron chi connectivity index (χ2n) is 5.38. The van der Waals surface area contributed by atoms with E-state index in [1.807, 2.05) is 18.2 Å². The molecule has 20 heavy (non-hydrogen) atoms. The maximum absolute atomic E-state index is 9.22. The number of alkyl halides is 1. The first-order valence-electron chi connectivity index (χ1n) is 6.89. The van der Waals surface area contributed by atoms with Crippen LogP contribution in [0.2, 0.25) is 0 Å². The Labute approximate surface area is 123 Å². The highest BCUT2D eigenvalue weighted by atomic mass is 35.5. The molecule has 5 heteroatoms. The zero-order valence-electron chi connectivity index (χ0n) is 11.5. The number of imidazole rings is 1. The molecule has 0 bridgehead atoms. The molecular formula is C15H17ClN4. The van der Waals surface area contributed by atoms with E-state index in [-0.39, 0.29) is 0 Å². The number of fused-ring (bicyclic) bond motifs is 1. The molecule has 0 N–H and O–H groups in total. The first kappa shape index (κ1) is 13.4. The van der Waals surface area contributed by atoms with Crippen molar-refractivity contribution in [3.63, 3.8) is 0 Å². The maximum Gasteiger partial charge on any atom is 0.125 e. The molecule has 104 valence electrons. The van der Waals surface area contributed by atoms with Crippen molar-refractivity contribution in [1.82, 2.24) is 14.5 Å². The van der Waals surface area contributed by atoms with Crippen LogP contribution >= 0.6 is 11.6 Å². The minimum Gasteiger partial charge on any atom is -0.323 e. The van der Waals surface area contributed by atoms with Crippen LogP contribution in [0.5, 0.6) is 0 Å². The molecule has 0 saturated carbocycles. The Kier molecular flexibility index (Phi) is 3.64. The quantitative estimate of drug-likeness (QED) is 0.798. The molecule has 1 aliphatic rings. The van der Waals surface area contributed by atoms with E-state index in [9.17, 15) is 5.26 Å². The van der Waals surface area contributed by atoms with Gasteiger partial charge in [0.2, 0.25) is 0 Å². The fraction of sp³-hybridized carbons (Fsp3) is 0.467. The van der Waals surface area contributed by atoms with Gasteiger partial charge in [0.05, 0.1) is 17.0 Å². The van der Waals surface area contributed by atoms with Gasteiger partial charge in [-0.2, -0.15) is 5.26 Å². The van der Waals surface area contributed by atoms with E-state index in [4.69, 9.17) is 11.6 Å². The van der Waals surface area contributed by atoms with E-state index in [1.165, 1.54) is 6.42 Å². The summed E-state index contributed by atoms with van der Waals surface area (Å²) in [6, 6.07) is 8.37. The number of piperidine rings is 1.